The average molecular weight is 221 g/mol. The minimum atomic E-state index is -0.410. The lowest BCUT2D eigenvalue weighted by molar-refractivity contribution is -0.125. The topological polar surface area (TPSA) is 29.5 Å². The molecule has 4 heteroatoms. The second kappa shape index (κ2) is 4.45. The highest BCUT2D eigenvalue weighted by atomic mass is 19.1. The first kappa shape index (κ1) is 10.8. The Labute approximate surface area is 93.1 Å². The van der Waals surface area contributed by atoms with E-state index in [0.29, 0.717) is 24.4 Å². The monoisotopic (exact) mass is 221 g/mol. The van der Waals surface area contributed by atoms with Gasteiger partial charge in [0.1, 0.15) is 12.4 Å². The molecular weight excluding hydrogens is 209 g/mol. The Kier molecular flexibility index (Phi) is 3.01. The van der Waals surface area contributed by atoms with Crippen molar-refractivity contribution in [2.75, 3.05) is 24.7 Å². The van der Waals surface area contributed by atoms with Crippen LogP contribution in [0.3, 0.4) is 0 Å². The summed E-state index contributed by atoms with van der Waals surface area (Å²) in [4.78, 5) is 12.9. The molecule has 0 aliphatic carbocycles. The van der Waals surface area contributed by atoms with Gasteiger partial charge >= 0.3 is 0 Å². The number of carbonyl (C=O) groups is 1. The second-order valence-corrected chi connectivity index (χ2v) is 3.51. The molecule has 1 aromatic rings. The summed E-state index contributed by atoms with van der Waals surface area (Å²) in [5, 5.41) is 0. The fourth-order valence-electron chi connectivity index (χ4n) is 1.64. The van der Waals surface area contributed by atoms with Crippen LogP contribution in [0.2, 0.25) is 0 Å². The van der Waals surface area contributed by atoms with Crippen LogP contribution in [0.5, 0.6) is 0 Å². The van der Waals surface area contributed by atoms with Crippen molar-refractivity contribution < 1.29 is 13.9 Å². The van der Waals surface area contributed by atoms with Gasteiger partial charge in [0.15, 0.2) is 0 Å². The number of benzene rings is 1. The largest absolute Gasteiger partial charge is 0.370 e. The number of amides is 1. The van der Waals surface area contributed by atoms with Gasteiger partial charge < -0.3 is 9.64 Å². The minimum Gasteiger partial charge on any atom is -0.370 e. The van der Waals surface area contributed by atoms with E-state index in [1.807, 2.05) is 0 Å². The molecule has 16 heavy (non-hydrogen) atoms. The molecule has 0 atom stereocenters. The Morgan fingerprint density at radius 1 is 1.50 bits per heavy atom. The lowest BCUT2D eigenvalue weighted by Gasteiger charge is -2.27. The van der Waals surface area contributed by atoms with Crippen molar-refractivity contribution in [3.63, 3.8) is 0 Å². The highest BCUT2D eigenvalue weighted by Gasteiger charge is 2.22. The highest BCUT2D eigenvalue weighted by molar-refractivity contribution is 5.95. The average Bonchev–Trinajstić information content (AvgIpc) is 2.30. The number of rotatable bonds is 2. The number of nitrogens with zero attached hydrogens (tertiary/aromatic N) is 1. The van der Waals surface area contributed by atoms with Crippen LogP contribution < -0.4 is 4.90 Å². The van der Waals surface area contributed by atoms with Crippen molar-refractivity contribution in [3.8, 4) is 0 Å². The molecule has 2 rings (SSSR count). The molecule has 1 fully saturated rings. The van der Waals surface area contributed by atoms with Crippen molar-refractivity contribution >= 4 is 17.7 Å². The SMILES string of the molecule is C=Cc1ccc(N2CCOCC2=O)c(F)c1. The van der Waals surface area contributed by atoms with Gasteiger partial charge in [-0.3, -0.25) is 4.79 Å². The van der Waals surface area contributed by atoms with Crippen LogP contribution in [0.1, 0.15) is 5.56 Å². The third-order valence-corrected chi connectivity index (χ3v) is 2.48. The Bertz CT molecular complexity index is 431. The van der Waals surface area contributed by atoms with Gasteiger partial charge in [0, 0.05) is 6.54 Å². The number of carbonyl (C=O) groups excluding carboxylic acids is 1. The lowest BCUT2D eigenvalue weighted by Crippen LogP contribution is -2.42. The fourth-order valence-corrected chi connectivity index (χ4v) is 1.64. The van der Waals surface area contributed by atoms with E-state index in [2.05, 4.69) is 6.58 Å². The van der Waals surface area contributed by atoms with E-state index in [-0.39, 0.29) is 12.5 Å². The summed E-state index contributed by atoms with van der Waals surface area (Å²) in [6, 6.07) is 4.69. The molecule has 0 spiro atoms. The van der Waals surface area contributed by atoms with Gasteiger partial charge in [0.05, 0.1) is 12.3 Å². The summed E-state index contributed by atoms with van der Waals surface area (Å²) in [6.07, 6.45) is 1.56. The molecular formula is C12H12FNO2. The Morgan fingerprint density at radius 2 is 2.31 bits per heavy atom. The Morgan fingerprint density at radius 3 is 2.94 bits per heavy atom. The van der Waals surface area contributed by atoms with Gasteiger partial charge in [-0.05, 0) is 17.7 Å². The van der Waals surface area contributed by atoms with Crippen molar-refractivity contribution in [2.45, 2.75) is 0 Å². The second-order valence-electron chi connectivity index (χ2n) is 3.51. The summed E-state index contributed by atoms with van der Waals surface area (Å²) in [7, 11) is 0. The third-order valence-electron chi connectivity index (χ3n) is 2.48. The Balaban J connectivity index is 2.32. The van der Waals surface area contributed by atoms with Crippen LogP contribution in [-0.4, -0.2) is 25.7 Å². The van der Waals surface area contributed by atoms with Crippen LogP contribution in [0, 0.1) is 5.82 Å². The number of hydrogen-bond donors (Lipinski definition) is 0. The van der Waals surface area contributed by atoms with E-state index in [1.165, 1.54) is 11.0 Å². The number of halogens is 1. The van der Waals surface area contributed by atoms with E-state index in [1.54, 1.807) is 18.2 Å². The summed E-state index contributed by atoms with van der Waals surface area (Å²) >= 11 is 0. The molecule has 0 bridgehead atoms. The fraction of sp³-hybridized carbons (Fsp3) is 0.250. The zero-order valence-electron chi connectivity index (χ0n) is 8.78. The molecule has 84 valence electrons. The first-order chi connectivity index (χ1) is 7.72. The van der Waals surface area contributed by atoms with Crippen molar-refractivity contribution in [1.82, 2.24) is 0 Å². The predicted molar refractivity (Wildman–Crippen MR) is 59.7 cm³/mol. The molecule has 0 unspecified atom stereocenters. The van der Waals surface area contributed by atoms with E-state index in [0.717, 1.165) is 0 Å². The number of hydrogen-bond acceptors (Lipinski definition) is 2. The maximum Gasteiger partial charge on any atom is 0.253 e. The van der Waals surface area contributed by atoms with Crippen LogP contribution in [0.15, 0.2) is 24.8 Å². The lowest BCUT2D eigenvalue weighted by atomic mass is 10.1. The standard InChI is InChI=1S/C12H12FNO2/c1-2-9-3-4-11(10(13)7-9)14-5-6-16-8-12(14)15/h2-4,7H,1,5-6,8H2. The van der Waals surface area contributed by atoms with Gasteiger partial charge in [-0.2, -0.15) is 0 Å². The molecule has 1 heterocycles. The smallest absolute Gasteiger partial charge is 0.253 e. The molecule has 1 aromatic carbocycles. The zero-order valence-corrected chi connectivity index (χ0v) is 8.78. The van der Waals surface area contributed by atoms with Gasteiger partial charge in [-0.15, -0.1) is 0 Å². The first-order valence-corrected chi connectivity index (χ1v) is 5.02. The van der Waals surface area contributed by atoms with Crippen molar-refractivity contribution in [3.05, 3.63) is 36.2 Å². The molecule has 1 aliphatic rings. The summed E-state index contributed by atoms with van der Waals surface area (Å²) < 4.78 is 18.7. The van der Waals surface area contributed by atoms with Gasteiger partial charge in [0.25, 0.3) is 5.91 Å². The summed E-state index contributed by atoms with van der Waals surface area (Å²) in [5.74, 6) is -0.621. The van der Waals surface area contributed by atoms with Crippen molar-refractivity contribution in [2.24, 2.45) is 0 Å². The maximum absolute atomic E-state index is 13.7. The summed E-state index contributed by atoms with van der Waals surface area (Å²) in [6.45, 7) is 4.41. The zero-order chi connectivity index (χ0) is 11.5. The van der Waals surface area contributed by atoms with E-state index in [9.17, 15) is 9.18 Å². The van der Waals surface area contributed by atoms with Gasteiger partial charge in [0.2, 0.25) is 0 Å². The van der Waals surface area contributed by atoms with Crippen LogP contribution in [-0.2, 0) is 9.53 Å². The van der Waals surface area contributed by atoms with E-state index < -0.39 is 5.82 Å². The van der Waals surface area contributed by atoms with Crippen LogP contribution >= 0.6 is 0 Å². The number of ether oxygens (including phenoxy) is 1. The van der Waals surface area contributed by atoms with Crippen LogP contribution in [0.4, 0.5) is 10.1 Å². The molecule has 1 amide bonds. The number of morpholine rings is 1. The maximum atomic E-state index is 13.7. The molecule has 1 aliphatic heterocycles. The Hall–Kier alpha value is -1.68. The molecule has 0 N–H and O–H groups in total. The van der Waals surface area contributed by atoms with Crippen molar-refractivity contribution in [1.29, 1.82) is 0 Å². The van der Waals surface area contributed by atoms with E-state index >= 15 is 0 Å². The first-order valence-electron chi connectivity index (χ1n) is 5.02. The van der Waals surface area contributed by atoms with E-state index in [4.69, 9.17) is 4.74 Å². The molecule has 0 saturated carbocycles. The summed E-state index contributed by atoms with van der Waals surface area (Å²) in [5.41, 5.74) is 1.00. The van der Waals surface area contributed by atoms with Crippen LogP contribution in [0.25, 0.3) is 6.08 Å². The quantitative estimate of drug-likeness (QED) is 0.762. The molecule has 0 radical (unpaired) electrons. The molecule has 3 nitrogen and oxygen atoms in total. The molecule has 0 aromatic heterocycles. The van der Waals surface area contributed by atoms with Gasteiger partial charge in [-0.1, -0.05) is 18.7 Å². The van der Waals surface area contributed by atoms with Gasteiger partial charge in [-0.25, -0.2) is 4.39 Å². The number of anilines is 1. The predicted octanol–water partition coefficient (Wildman–Crippen LogP) is 1.83. The normalized spacial score (nSPS) is 16.3. The third kappa shape index (κ3) is 1.97. The molecule has 1 saturated heterocycles. The highest BCUT2D eigenvalue weighted by Crippen LogP contribution is 2.22. The minimum absolute atomic E-state index is 0.0165.